The summed E-state index contributed by atoms with van der Waals surface area (Å²) in [5.41, 5.74) is 1.80. The van der Waals surface area contributed by atoms with Gasteiger partial charge in [-0.25, -0.2) is 0 Å². The van der Waals surface area contributed by atoms with Crippen molar-refractivity contribution in [1.29, 1.82) is 0 Å². The molecular weight excluding hydrogens is 212 g/mol. The fourth-order valence-electron chi connectivity index (χ4n) is 1.97. The predicted molar refractivity (Wildman–Crippen MR) is 70.4 cm³/mol. The fraction of sp³-hybridized carbons (Fsp3) is 0.357. The Morgan fingerprint density at radius 3 is 2.82 bits per heavy atom. The van der Waals surface area contributed by atoms with E-state index >= 15 is 0 Å². The monoisotopic (exact) mass is 230 g/mol. The number of carbonyl (C=O) groups is 1. The fourth-order valence-corrected chi connectivity index (χ4v) is 1.97. The lowest BCUT2D eigenvalue weighted by Gasteiger charge is -2.21. The van der Waals surface area contributed by atoms with Crippen molar-refractivity contribution >= 4 is 16.7 Å². The molecule has 2 rings (SSSR count). The molecule has 0 radical (unpaired) electrons. The van der Waals surface area contributed by atoms with E-state index in [9.17, 15) is 4.79 Å². The van der Waals surface area contributed by atoms with Crippen molar-refractivity contribution in [3.05, 3.63) is 36.0 Å². The Labute approximate surface area is 101 Å². The number of hydrogen-bond donors (Lipinski definition) is 1. The molecule has 2 aromatic rings. The van der Waals surface area contributed by atoms with Gasteiger partial charge in [0.25, 0.3) is 0 Å². The number of rotatable bonds is 4. The number of H-pyrrole nitrogens is 1. The van der Waals surface area contributed by atoms with Crippen LogP contribution in [0.15, 0.2) is 30.5 Å². The second kappa shape index (κ2) is 4.72. The summed E-state index contributed by atoms with van der Waals surface area (Å²) in [6.07, 6.45) is 1.81. The summed E-state index contributed by atoms with van der Waals surface area (Å²) >= 11 is 0. The summed E-state index contributed by atoms with van der Waals surface area (Å²) in [4.78, 5) is 17.5. The van der Waals surface area contributed by atoms with E-state index in [0.717, 1.165) is 23.0 Å². The Bertz CT molecular complexity index is 530. The molecule has 0 amide bonds. The summed E-state index contributed by atoms with van der Waals surface area (Å²) in [7, 11) is 1.97. The molecule has 1 heterocycles. The molecule has 3 nitrogen and oxygen atoms in total. The molecule has 0 aliphatic rings. The van der Waals surface area contributed by atoms with Gasteiger partial charge in [-0.15, -0.1) is 0 Å². The number of aromatic amines is 1. The lowest BCUT2D eigenvalue weighted by atomic mass is 10.0. The van der Waals surface area contributed by atoms with E-state index < -0.39 is 0 Å². The van der Waals surface area contributed by atoms with Crippen LogP contribution < -0.4 is 0 Å². The SMILES string of the molecule is CCN(C)[C@@H](C)C(=O)c1c[nH]c2ccccc12. The summed E-state index contributed by atoms with van der Waals surface area (Å²) in [6, 6.07) is 7.81. The van der Waals surface area contributed by atoms with Crippen LogP contribution in [-0.2, 0) is 0 Å². The van der Waals surface area contributed by atoms with Gasteiger partial charge in [0.05, 0.1) is 6.04 Å². The Morgan fingerprint density at radius 2 is 2.12 bits per heavy atom. The lowest BCUT2D eigenvalue weighted by molar-refractivity contribution is 0.0875. The van der Waals surface area contributed by atoms with E-state index in [1.165, 1.54) is 0 Å². The van der Waals surface area contributed by atoms with Crippen LogP contribution in [-0.4, -0.2) is 35.3 Å². The second-order valence-electron chi connectivity index (χ2n) is 4.36. The first kappa shape index (κ1) is 11.9. The summed E-state index contributed by atoms with van der Waals surface area (Å²) < 4.78 is 0. The maximum atomic E-state index is 12.4. The second-order valence-corrected chi connectivity index (χ2v) is 4.36. The summed E-state index contributed by atoms with van der Waals surface area (Å²) in [5, 5.41) is 1.01. The first-order valence-corrected chi connectivity index (χ1v) is 5.95. The zero-order chi connectivity index (χ0) is 12.4. The van der Waals surface area contributed by atoms with Crippen molar-refractivity contribution in [2.75, 3.05) is 13.6 Å². The number of likely N-dealkylation sites (N-methyl/N-ethyl adjacent to an activating group) is 1. The number of fused-ring (bicyclic) bond motifs is 1. The minimum absolute atomic E-state index is 0.0841. The summed E-state index contributed by atoms with van der Waals surface area (Å²) in [6.45, 7) is 4.88. The highest BCUT2D eigenvalue weighted by Gasteiger charge is 2.20. The van der Waals surface area contributed by atoms with E-state index in [0.29, 0.717) is 0 Å². The van der Waals surface area contributed by atoms with Gasteiger partial charge in [0.15, 0.2) is 5.78 Å². The molecule has 0 saturated heterocycles. The number of hydrogen-bond acceptors (Lipinski definition) is 2. The molecule has 1 N–H and O–H groups in total. The Kier molecular flexibility index (Phi) is 3.29. The molecule has 0 spiro atoms. The molecular formula is C14H18N2O. The molecule has 0 aliphatic heterocycles. The predicted octanol–water partition coefficient (Wildman–Crippen LogP) is 2.69. The number of nitrogens with one attached hydrogen (secondary N) is 1. The first-order valence-electron chi connectivity index (χ1n) is 5.95. The zero-order valence-corrected chi connectivity index (χ0v) is 10.5. The third kappa shape index (κ3) is 2.11. The molecule has 17 heavy (non-hydrogen) atoms. The van der Waals surface area contributed by atoms with Crippen molar-refractivity contribution in [1.82, 2.24) is 9.88 Å². The average Bonchev–Trinajstić information content (AvgIpc) is 2.79. The van der Waals surface area contributed by atoms with Crippen LogP contribution in [0.1, 0.15) is 24.2 Å². The van der Waals surface area contributed by atoms with E-state index in [-0.39, 0.29) is 11.8 Å². The van der Waals surface area contributed by atoms with Crippen molar-refractivity contribution in [3.8, 4) is 0 Å². The quantitative estimate of drug-likeness (QED) is 0.820. The first-order chi connectivity index (χ1) is 8.15. The molecule has 90 valence electrons. The highest BCUT2D eigenvalue weighted by atomic mass is 16.1. The number of benzene rings is 1. The van der Waals surface area contributed by atoms with Gasteiger partial charge in [0.1, 0.15) is 0 Å². The molecule has 1 aromatic heterocycles. The van der Waals surface area contributed by atoms with Crippen molar-refractivity contribution < 1.29 is 4.79 Å². The molecule has 0 bridgehead atoms. The molecule has 0 fully saturated rings. The van der Waals surface area contributed by atoms with Gasteiger partial charge >= 0.3 is 0 Å². The molecule has 3 heteroatoms. The maximum absolute atomic E-state index is 12.4. The number of nitrogens with zero attached hydrogens (tertiary/aromatic N) is 1. The van der Waals surface area contributed by atoms with Gasteiger partial charge < -0.3 is 4.98 Å². The molecule has 1 aromatic carbocycles. The topological polar surface area (TPSA) is 36.1 Å². The normalized spacial score (nSPS) is 13.2. The minimum atomic E-state index is -0.0841. The van der Waals surface area contributed by atoms with Crippen LogP contribution in [0.5, 0.6) is 0 Å². The van der Waals surface area contributed by atoms with Gasteiger partial charge in [-0.1, -0.05) is 25.1 Å². The third-order valence-electron chi connectivity index (χ3n) is 3.39. The van der Waals surface area contributed by atoms with Gasteiger partial charge in [-0.05, 0) is 26.6 Å². The number of carbonyl (C=O) groups excluding carboxylic acids is 1. The molecule has 0 unspecified atom stereocenters. The maximum Gasteiger partial charge on any atom is 0.181 e. The molecule has 0 aliphatic carbocycles. The number of aromatic nitrogens is 1. The highest BCUT2D eigenvalue weighted by molar-refractivity contribution is 6.10. The van der Waals surface area contributed by atoms with E-state index in [1.807, 2.05) is 49.3 Å². The van der Waals surface area contributed by atoms with Crippen molar-refractivity contribution in [2.45, 2.75) is 19.9 Å². The van der Waals surface area contributed by atoms with Crippen molar-refractivity contribution in [3.63, 3.8) is 0 Å². The largest absolute Gasteiger partial charge is 0.360 e. The van der Waals surface area contributed by atoms with Crippen LogP contribution in [0.2, 0.25) is 0 Å². The van der Waals surface area contributed by atoms with E-state index in [4.69, 9.17) is 0 Å². The molecule has 0 saturated carbocycles. The van der Waals surface area contributed by atoms with Crippen molar-refractivity contribution in [2.24, 2.45) is 0 Å². The minimum Gasteiger partial charge on any atom is -0.360 e. The third-order valence-corrected chi connectivity index (χ3v) is 3.39. The summed E-state index contributed by atoms with van der Waals surface area (Å²) in [5.74, 6) is 0.173. The lowest BCUT2D eigenvalue weighted by Crippen LogP contribution is -2.35. The van der Waals surface area contributed by atoms with Crippen LogP contribution in [0.3, 0.4) is 0 Å². The van der Waals surface area contributed by atoms with Gasteiger partial charge in [-0.2, -0.15) is 0 Å². The Morgan fingerprint density at radius 1 is 1.41 bits per heavy atom. The van der Waals surface area contributed by atoms with Crippen LogP contribution in [0.25, 0.3) is 10.9 Å². The Hall–Kier alpha value is -1.61. The molecule has 1 atom stereocenters. The van der Waals surface area contributed by atoms with Gasteiger partial charge in [-0.3, -0.25) is 9.69 Å². The highest BCUT2D eigenvalue weighted by Crippen LogP contribution is 2.20. The van der Waals surface area contributed by atoms with E-state index in [2.05, 4.69) is 11.9 Å². The van der Waals surface area contributed by atoms with Crippen LogP contribution in [0.4, 0.5) is 0 Å². The van der Waals surface area contributed by atoms with Crippen LogP contribution in [0, 0.1) is 0 Å². The number of ketones is 1. The standard InChI is InChI=1S/C14H18N2O/c1-4-16(3)10(2)14(17)12-9-15-13-8-6-5-7-11(12)13/h5-10,15H,4H2,1-3H3/t10-/m0/s1. The van der Waals surface area contributed by atoms with Gasteiger partial charge in [0.2, 0.25) is 0 Å². The van der Waals surface area contributed by atoms with Crippen LogP contribution >= 0.6 is 0 Å². The number of Topliss-reactive ketones (excluding diaryl/α,β-unsaturated/α-hetero) is 1. The Balaban J connectivity index is 2.37. The number of para-hydroxylation sites is 1. The van der Waals surface area contributed by atoms with E-state index in [1.54, 1.807) is 0 Å². The zero-order valence-electron chi connectivity index (χ0n) is 10.5. The van der Waals surface area contributed by atoms with Gasteiger partial charge in [0, 0.05) is 22.7 Å². The average molecular weight is 230 g/mol. The smallest absolute Gasteiger partial charge is 0.181 e.